The Bertz CT molecular complexity index is 1400. The van der Waals surface area contributed by atoms with Crippen molar-refractivity contribution in [3.8, 4) is 6.07 Å². The van der Waals surface area contributed by atoms with Crippen LogP contribution in [0, 0.1) is 18.3 Å². The van der Waals surface area contributed by atoms with Crippen LogP contribution >= 0.6 is 0 Å². The van der Waals surface area contributed by atoms with Crippen LogP contribution in [0.4, 0.5) is 4.79 Å². The predicted molar refractivity (Wildman–Crippen MR) is 129 cm³/mol. The van der Waals surface area contributed by atoms with Gasteiger partial charge in [0.05, 0.1) is 23.6 Å². The molecule has 2 aliphatic heterocycles. The zero-order valence-corrected chi connectivity index (χ0v) is 19.8. The number of hydrogen-bond donors (Lipinski definition) is 1. The van der Waals surface area contributed by atoms with Crippen LogP contribution in [-0.2, 0) is 15.1 Å². The molecular formula is C27H23N5O4. The summed E-state index contributed by atoms with van der Waals surface area (Å²) in [6.07, 6.45) is 1.97. The van der Waals surface area contributed by atoms with Crippen molar-refractivity contribution in [2.24, 2.45) is 5.10 Å². The van der Waals surface area contributed by atoms with Crippen LogP contribution in [0.3, 0.4) is 0 Å². The fourth-order valence-electron chi connectivity index (χ4n) is 4.49. The minimum Gasteiger partial charge on any atom is -0.467 e. The van der Waals surface area contributed by atoms with E-state index < -0.39 is 36.0 Å². The van der Waals surface area contributed by atoms with Crippen LogP contribution in [0.1, 0.15) is 47.4 Å². The summed E-state index contributed by atoms with van der Waals surface area (Å²) in [6, 6.07) is 18.6. The van der Waals surface area contributed by atoms with Crippen LogP contribution in [0.5, 0.6) is 0 Å². The summed E-state index contributed by atoms with van der Waals surface area (Å²) in [4.78, 5) is 40.4. The first-order valence-corrected chi connectivity index (χ1v) is 11.4. The Balaban J connectivity index is 1.40. The number of nitrogens with one attached hydrogen (secondary N) is 1. The molecule has 36 heavy (non-hydrogen) atoms. The summed E-state index contributed by atoms with van der Waals surface area (Å²) in [6.45, 7) is 3.10. The van der Waals surface area contributed by atoms with E-state index >= 15 is 0 Å². The lowest BCUT2D eigenvalue weighted by Gasteiger charge is -2.24. The average molecular weight is 482 g/mol. The van der Waals surface area contributed by atoms with Crippen LogP contribution < -0.4 is 5.32 Å². The Morgan fingerprint density at radius 1 is 1.17 bits per heavy atom. The van der Waals surface area contributed by atoms with Crippen LogP contribution in [0.2, 0.25) is 0 Å². The van der Waals surface area contributed by atoms with Gasteiger partial charge >= 0.3 is 6.03 Å². The maximum absolute atomic E-state index is 13.4. The van der Waals surface area contributed by atoms with Crippen molar-refractivity contribution in [3.05, 3.63) is 94.9 Å². The van der Waals surface area contributed by atoms with Crippen molar-refractivity contribution in [1.29, 1.82) is 5.26 Å². The first-order valence-electron chi connectivity index (χ1n) is 11.4. The Morgan fingerprint density at radius 2 is 1.89 bits per heavy atom. The highest BCUT2D eigenvalue weighted by atomic mass is 16.3. The standard InChI is InChI=1S/C27H23N5O4/c1-17-5-9-19(10-6-17)21-14-22(23-4-3-13-36-23)32(30-21)24(33)16-31-25(34)27(2,29-26(31)35)20-11-7-18(15-28)8-12-20/h3-13,22H,14,16H2,1-2H3,(H,29,35). The predicted octanol–water partition coefficient (Wildman–Crippen LogP) is 3.60. The van der Waals surface area contributed by atoms with Gasteiger partial charge in [-0.2, -0.15) is 10.4 Å². The van der Waals surface area contributed by atoms with Crippen molar-refractivity contribution >= 4 is 23.6 Å². The number of rotatable bonds is 5. The molecule has 1 fully saturated rings. The third-order valence-electron chi connectivity index (χ3n) is 6.58. The van der Waals surface area contributed by atoms with Crippen LogP contribution in [-0.4, -0.2) is 40.0 Å². The van der Waals surface area contributed by atoms with Gasteiger partial charge in [0.15, 0.2) is 0 Å². The van der Waals surface area contributed by atoms with Crippen molar-refractivity contribution < 1.29 is 18.8 Å². The largest absolute Gasteiger partial charge is 0.467 e. The number of urea groups is 1. The van der Waals surface area contributed by atoms with E-state index in [9.17, 15) is 14.4 Å². The molecule has 9 heteroatoms. The minimum absolute atomic E-state index is 0.436. The monoisotopic (exact) mass is 481 g/mol. The lowest BCUT2D eigenvalue weighted by atomic mass is 9.91. The fraction of sp³-hybridized carbons (Fsp3) is 0.222. The van der Waals surface area contributed by atoms with E-state index in [0.29, 0.717) is 29.0 Å². The van der Waals surface area contributed by atoms with Gasteiger partial charge in [-0.05, 0) is 49.2 Å². The minimum atomic E-state index is -1.35. The molecule has 2 atom stereocenters. The molecule has 1 aromatic heterocycles. The molecule has 2 unspecified atom stereocenters. The number of nitriles is 1. The molecule has 0 aliphatic carbocycles. The van der Waals surface area contributed by atoms with Crippen molar-refractivity contribution in [1.82, 2.24) is 15.2 Å². The molecule has 4 amide bonds. The summed E-state index contributed by atoms with van der Waals surface area (Å²) < 4.78 is 5.57. The quantitative estimate of drug-likeness (QED) is 0.559. The number of hydrazone groups is 1. The number of carbonyl (C=O) groups excluding carboxylic acids is 3. The number of carbonyl (C=O) groups is 3. The summed E-state index contributed by atoms with van der Waals surface area (Å²) in [5, 5.41) is 17.6. The van der Waals surface area contributed by atoms with Crippen molar-refractivity contribution in [2.45, 2.75) is 31.8 Å². The second-order valence-corrected chi connectivity index (χ2v) is 9.02. The lowest BCUT2D eigenvalue weighted by molar-refractivity contribution is -0.140. The molecule has 0 saturated carbocycles. The average Bonchev–Trinajstić information content (AvgIpc) is 3.61. The van der Waals surface area contributed by atoms with E-state index in [4.69, 9.17) is 9.68 Å². The van der Waals surface area contributed by atoms with Gasteiger partial charge < -0.3 is 9.73 Å². The topological polar surface area (TPSA) is 119 Å². The van der Waals surface area contributed by atoms with E-state index in [1.54, 1.807) is 43.3 Å². The van der Waals surface area contributed by atoms with Gasteiger partial charge in [-0.3, -0.25) is 14.5 Å². The van der Waals surface area contributed by atoms with Gasteiger partial charge in [-0.15, -0.1) is 0 Å². The van der Waals surface area contributed by atoms with Crippen LogP contribution in [0.25, 0.3) is 0 Å². The van der Waals surface area contributed by atoms with Crippen molar-refractivity contribution in [2.75, 3.05) is 6.54 Å². The molecule has 3 aromatic rings. The highest BCUT2D eigenvalue weighted by Gasteiger charge is 2.50. The summed E-state index contributed by atoms with van der Waals surface area (Å²) in [7, 11) is 0. The normalized spacial score (nSPS) is 21.4. The fourth-order valence-corrected chi connectivity index (χ4v) is 4.49. The lowest BCUT2D eigenvalue weighted by Crippen LogP contribution is -2.43. The zero-order valence-electron chi connectivity index (χ0n) is 19.8. The molecule has 2 aliphatic rings. The number of furan rings is 1. The second kappa shape index (κ2) is 8.82. The molecule has 3 heterocycles. The first kappa shape index (κ1) is 23.1. The number of aryl methyl sites for hydroxylation is 1. The van der Waals surface area contributed by atoms with Gasteiger partial charge in [0.25, 0.3) is 11.8 Å². The Kier molecular flexibility index (Phi) is 5.65. The highest BCUT2D eigenvalue weighted by Crippen LogP contribution is 2.34. The van der Waals surface area contributed by atoms with E-state index in [1.165, 1.54) is 11.3 Å². The Labute approximate surface area is 207 Å². The SMILES string of the molecule is Cc1ccc(C2=NN(C(=O)CN3C(=O)NC(C)(c4ccc(C#N)cc4)C3=O)C(c3ccco3)C2)cc1. The third-order valence-corrected chi connectivity index (χ3v) is 6.58. The molecule has 1 saturated heterocycles. The van der Waals surface area contributed by atoms with Crippen molar-refractivity contribution in [3.63, 3.8) is 0 Å². The number of hydrogen-bond acceptors (Lipinski definition) is 6. The summed E-state index contributed by atoms with van der Waals surface area (Å²) in [5.74, 6) is -0.498. The number of imide groups is 1. The maximum Gasteiger partial charge on any atom is 0.325 e. The van der Waals surface area contributed by atoms with E-state index in [-0.39, 0.29) is 0 Å². The smallest absolute Gasteiger partial charge is 0.325 e. The first-order chi connectivity index (χ1) is 17.3. The van der Waals surface area contributed by atoms with Crippen LogP contribution in [0.15, 0.2) is 76.4 Å². The zero-order chi connectivity index (χ0) is 25.4. The molecule has 9 nitrogen and oxygen atoms in total. The molecule has 0 radical (unpaired) electrons. The molecular weight excluding hydrogens is 458 g/mol. The Morgan fingerprint density at radius 3 is 2.53 bits per heavy atom. The third kappa shape index (κ3) is 3.92. The maximum atomic E-state index is 13.4. The highest BCUT2D eigenvalue weighted by molar-refractivity contribution is 6.09. The molecule has 5 rings (SSSR count). The van der Waals surface area contributed by atoms with E-state index in [0.717, 1.165) is 16.0 Å². The summed E-state index contributed by atoms with van der Waals surface area (Å²) in [5.41, 5.74) is 2.31. The Hall–Kier alpha value is -4.71. The molecule has 2 aromatic carbocycles. The molecule has 0 spiro atoms. The molecule has 1 N–H and O–H groups in total. The molecule has 0 bridgehead atoms. The number of benzene rings is 2. The second-order valence-electron chi connectivity index (χ2n) is 9.02. The summed E-state index contributed by atoms with van der Waals surface area (Å²) >= 11 is 0. The molecule has 180 valence electrons. The van der Waals surface area contributed by atoms with Gasteiger partial charge in [-0.1, -0.05) is 42.0 Å². The van der Waals surface area contributed by atoms with Gasteiger partial charge in [0.2, 0.25) is 0 Å². The van der Waals surface area contributed by atoms with Gasteiger partial charge in [0, 0.05) is 6.42 Å². The van der Waals surface area contributed by atoms with E-state index in [1.807, 2.05) is 37.3 Å². The number of amides is 4. The number of nitrogens with zero attached hydrogens (tertiary/aromatic N) is 4. The van der Waals surface area contributed by atoms with Gasteiger partial charge in [-0.25, -0.2) is 9.80 Å². The van der Waals surface area contributed by atoms with E-state index in [2.05, 4.69) is 10.4 Å². The van der Waals surface area contributed by atoms with Gasteiger partial charge in [0.1, 0.15) is 23.9 Å².